The summed E-state index contributed by atoms with van der Waals surface area (Å²) in [6.45, 7) is 6.74. The second kappa shape index (κ2) is 5.16. The predicted octanol–water partition coefficient (Wildman–Crippen LogP) is 0.322. The van der Waals surface area contributed by atoms with Crippen LogP contribution in [0.1, 0.15) is 25.2 Å². The molecule has 0 saturated heterocycles. The molecule has 0 aromatic carbocycles. The molecule has 0 unspecified atom stereocenters. The summed E-state index contributed by atoms with van der Waals surface area (Å²) in [6, 6.07) is -0.492. The van der Waals surface area contributed by atoms with E-state index in [9.17, 15) is 8.42 Å². The fraction of sp³-hybridized carbons (Fsp3) is 0.700. The van der Waals surface area contributed by atoms with Crippen LogP contribution in [-0.4, -0.2) is 36.4 Å². The van der Waals surface area contributed by atoms with Gasteiger partial charge in [0, 0.05) is 6.04 Å². The zero-order chi connectivity index (χ0) is 13.2. The third kappa shape index (κ3) is 3.05. The van der Waals surface area contributed by atoms with Gasteiger partial charge in [-0.3, -0.25) is 5.10 Å². The van der Waals surface area contributed by atoms with Crippen LogP contribution in [0.2, 0.25) is 0 Å². The summed E-state index contributed by atoms with van der Waals surface area (Å²) in [4.78, 5) is 0.164. The number of aromatic nitrogens is 2. The molecule has 1 aromatic rings. The van der Waals surface area contributed by atoms with Crippen LogP contribution < -0.4 is 4.72 Å². The first-order valence-corrected chi connectivity index (χ1v) is 6.92. The van der Waals surface area contributed by atoms with Crippen molar-refractivity contribution in [3.05, 3.63) is 11.4 Å². The predicted molar refractivity (Wildman–Crippen MR) is 64.1 cm³/mol. The Bertz CT molecular complexity index is 459. The topological polar surface area (TPSA) is 95.1 Å². The van der Waals surface area contributed by atoms with Crippen molar-refractivity contribution in [3.63, 3.8) is 0 Å². The molecule has 0 aliphatic carbocycles. The van der Waals surface area contributed by atoms with Crippen molar-refractivity contribution in [2.75, 3.05) is 6.61 Å². The number of aliphatic hydroxyl groups is 1. The Kier molecular flexibility index (Phi) is 4.29. The number of aryl methyl sites for hydroxylation is 2. The molecule has 1 rings (SSSR count). The van der Waals surface area contributed by atoms with Crippen molar-refractivity contribution in [2.24, 2.45) is 5.92 Å². The zero-order valence-corrected chi connectivity index (χ0v) is 11.3. The molecule has 0 fully saturated rings. The number of hydrogen-bond donors (Lipinski definition) is 3. The number of aliphatic hydroxyl groups excluding tert-OH is 1. The summed E-state index contributed by atoms with van der Waals surface area (Å²) < 4.78 is 26.7. The van der Waals surface area contributed by atoms with Crippen LogP contribution >= 0.6 is 0 Å². The summed E-state index contributed by atoms with van der Waals surface area (Å²) in [7, 11) is -3.64. The number of rotatable bonds is 5. The lowest BCUT2D eigenvalue weighted by Crippen LogP contribution is -2.41. The van der Waals surface area contributed by atoms with Crippen molar-refractivity contribution in [3.8, 4) is 0 Å². The molecular weight excluding hydrogens is 242 g/mol. The van der Waals surface area contributed by atoms with E-state index in [0.29, 0.717) is 11.4 Å². The average Bonchev–Trinajstić information content (AvgIpc) is 2.55. The standard InChI is InChI=1S/C10H19N3O3S/c1-6(2)9(5-14)13-17(15,16)10-7(3)11-12-8(10)4/h6,9,13-14H,5H2,1-4H3,(H,11,12)/t9-/m1/s1. The molecule has 7 heteroatoms. The molecule has 0 bridgehead atoms. The number of nitrogens with zero attached hydrogens (tertiary/aromatic N) is 1. The van der Waals surface area contributed by atoms with Crippen LogP contribution in [0.5, 0.6) is 0 Å². The van der Waals surface area contributed by atoms with Gasteiger partial charge in [0.2, 0.25) is 10.0 Å². The van der Waals surface area contributed by atoms with Gasteiger partial charge < -0.3 is 5.11 Å². The van der Waals surface area contributed by atoms with Gasteiger partial charge in [-0.1, -0.05) is 13.8 Å². The van der Waals surface area contributed by atoms with Crippen molar-refractivity contribution >= 4 is 10.0 Å². The number of nitrogens with one attached hydrogen (secondary N) is 2. The number of aromatic amines is 1. The summed E-state index contributed by atoms with van der Waals surface area (Å²) >= 11 is 0. The first kappa shape index (κ1) is 14.1. The molecule has 3 N–H and O–H groups in total. The van der Waals surface area contributed by atoms with Gasteiger partial charge in [-0.25, -0.2) is 13.1 Å². The largest absolute Gasteiger partial charge is 0.395 e. The van der Waals surface area contributed by atoms with Crippen LogP contribution in [0.15, 0.2) is 4.90 Å². The number of H-pyrrole nitrogens is 1. The van der Waals surface area contributed by atoms with E-state index in [-0.39, 0.29) is 17.4 Å². The number of hydrogen-bond acceptors (Lipinski definition) is 4. The van der Waals surface area contributed by atoms with E-state index in [1.165, 1.54) is 0 Å². The van der Waals surface area contributed by atoms with Gasteiger partial charge in [0.25, 0.3) is 0 Å². The first-order chi connectivity index (χ1) is 7.79. The first-order valence-electron chi connectivity index (χ1n) is 5.44. The molecule has 0 radical (unpaired) electrons. The van der Waals surface area contributed by atoms with E-state index in [4.69, 9.17) is 5.11 Å². The molecular formula is C10H19N3O3S. The monoisotopic (exact) mass is 261 g/mol. The highest BCUT2D eigenvalue weighted by Gasteiger charge is 2.26. The maximum absolute atomic E-state index is 12.1. The minimum atomic E-state index is -3.64. The van der Waals surface area contributed by atoms with Gasteiger partial charge in [-0.2, -0.15) is 5.10 Å². The van der Waals surface area contributed by atoms with Crippen molar-refractivity contribution in [1.82, 2.24) is 14.9 Å². The Hall–Kier alpha value is -0.920. The lowest BCUT2D eigenvalue weighted by molar-refractivity contribution is 0.227. The van der Waals surface area contributed by atoms with Gasteiger partial charge in [-0.05, 0) is 19.8 Å². The second-order valence-corrected chi connectivity index (χ2v) is 6.07. The third-order valence-electron chi connectivity index (χ3n) is 2.64. The SMILES string of the molecule is Cc1n[nH]c(C)c1S(=O)(=O)N[C@H](CO)C(C)C. The third-order valence-corrected chi connectivity index (χ3v) is 4.39. The fourth-order valence-electron chi connectivity index (χ4n) is 1.58. The van der Waals surface area contributed by atoms with E-state index in [2.05, 4.69) is 14.9 Å². The van der Waals surface area contributed by atoms with Gasteiger partial charge in [0.15, 0.2) is 0 Å². The summed E-state index contributed by atoms with van der Waals surface area (Å²) in [6.07, 6.45) is 0. The Morgan fingerprint density at radius 3 is 2.35 bits per heavy atom. The van der Waals surface area contributed by atoms with Gasteiger partial charge >= 0.3 is 0 Å². The molecule has 98 valence electrons. The van der Waals surface area contributed by atoms with Crippen LogP contribution in [0.3, 0.4) is 0 Å². The molecule has 1 aromatic heterocycles. The minimum Gasteiger partial charge on any atom is -0.395 e. The van der Waals surface area contributed by atoms with Crippen LogP contribution in [0, 0.1) is 19.8 Å². The molecule has 0 saturated carbocycles. The molecule has 0 aliphatic rings. The van der Waals surface area contributed by atoms with Crippen LogP contribution in [-0.2, 0) is 10.0 Å². The number of sulfonamides is 1. The lowest BCUT2D eigenvalue weighted by atomic mass is 10.1. The lowest BCUT2D eigenvalue weighted by Gasteiger charge is -2.19. The van der Waals surface area contributed by atoms with Crippen LogP contribution in [0.4, 0.5) is 0 Å². The smallest absolute Gasteiger partial charge is 0.244 e. The molecule has 6 nitrogen and oxygen atoms in total. The molecule has 0 spiro atoms. The van der Waals surface area contributed by atoms with E-state index < -0.39 is 16.1 Å². The summed E-state index contributed by atoms with van der Waals surface area (Å²) in [5, 5.41) is 15.6. The van der Waals surface area contributed by atoms with E-state index in [0.717, 1.165) is 0 Å². The van der Waals surface area contributed by atoms with Crippen molar-refractivity contribution in [2.45, 2.75) is 38.6 Å². The van der Waals surface area contributed by atoms with Crippen molar-refractivity contribution < 1.29 is 13.5 Å². The molecule has 0 amide bonds. The minimum absolute atomic E-state index is 0.0160. The highest BCUT2D eigenvalue weighted by molar-refractivity contribution is 7.89. The highest BCUT2D eigenvalue weighted by Crippen LogP contribution is 2.17. The Morgan fingerprint density at radius 1 is 1.41 bits per heavy atom. The highest BCUT2D eigenvalue weighted by atomic mass is 32.2. The summed E-state index contributed by atoms with van der Waals surface area (Å²) in [5.74, 6) is 0.0160. The molecule has 0 aliphatic heterocycles. The normalized spacial score (nSPS) is 14.2. The quantitative estimate of drug-likeness (QED) is 0.711. The zero-order valence-electron chi connectivity index (χ0n) is 10.5. The Balaban J connectivity index is 3.05. The fourth-order valence-corrected chi connectivity index (χ4v) is 3.33. The maximum atomic E-state index is 12.1. The maximum Gasteiger partial charge on any atom is 0.244 e. The molecule has 1 atom stereocenters. The van der Waals surface area contributed by atoms with Gasteiger partial charge in [0.05, 0.1) is 18.0 Å². The Labute approximate surface area is 101 Å². The van der Waals surface area contributed by atoms with E-state index in [1.807, 2.05) is 13.8 Å². The van der Waals surface area contributed by atoms with E-state index in [1.54, 1.807) is 13.8 Å². The van der Waals surface area contributed by atoms with Gasteiger partial charge in [-0.15, -0.1) is 0 Å². The van der Waals surface area contributed by atoms with E-state index >= 15 is 0 Å². The second-order valence-electron chi connectivity index (χ2n) is 4.42. The summed E-state index contributed by atoms with van der Waals surface area (Å²) in [5.41, 5.74) is 0.922. The van der Waals surface area contributed by atoms with Crippen LogP contribution in [0.25, 0.3) is 0 Å². The molecule has 1 heterocycles. The van der Waals surface area contributed by atoms with Gasteiger partial charge in [0.1, 0.15) is 4.90 Å². The Morgan fingerprint density at radius 2 is 2.00 bits per heavy atom. The average molecular weight is 261 g/mol. The molecule has 17 heavy (non-hydrogen) atoms. The van der Waals surface area contributed by atoms with Crippen molar-refractivity contribution in [1.29, 1.82) is 0 Å².